The number of hydrogen-bond donors (Lipinski definition) is 1. The van der Waals surface area contributed by atoms with E-state index >= 15 is 0 Å². The molecule has 0 saturated carbocycles. The molecule has 28 heavy (non-hydrogen) atoms. The molecular formula is C22H17F3N2O. The van der Waals surface area contributed by atoms with Gasteiger partial charge in [0, 0.05) is 39.6 Å². The van der Waals surface area contributed by atoms with Crippen molar-refractivity contribution in [3.63, 3.8) is 0 Å². The Hall–Kier alpha value is -3.28. The summed E-state index contributed by atoms with van der Waals surface area (Å²) in [4.78, 5) is 12.4. The minimum Gasteiger partial charge on any atom is -0.341 e. The molecule has 3 nitrogen and oxygen atoms in total. The van der Waals surface area contributed by atoms with E-state index in [9.17, 15) is 18.0 Å². The fourth-order valence-corrected chi connectivity index (χ4v) is 3.49. The van der Waals surface area contributed by atoms with Crippen molar-refractivity contribution >= 4 is 33.4 Å². The Morgan fingerprint density at radius 2 is 1.61 bits per heavy atom. The molecule has 1 N–H and O–H groups in total. The van der Waals surface area contributed by atoms with Gasteiger partial charge in [-0.3, -0.25) is 4.79 Å². The monoisotopic (exact) mass is 382 g/mol. The number of amides is 1. The number of carbonyl (C=O) groups is 1. The summed E-state index contributed by atoms with van der Waals surface area (Å²) < 4.78 is 40.2. The first-order valence-electron chi connectivity index (χ1n) is 8.88. The van der Waals surface area contributed by atoms with Crippen molar-refractivity contribution in [1.29, 1.82) is 0 Å². The predicted molar refractivity (Wildman–Crippen MR) is 105 cm³/mol. The molecule has 1 amide bonds. The summed E-state index contributed by atoms with van der Waals surface area (Å²) in [5.74, 6) is -0.452. The predicted octanol–water partition coefficient (Wildman–Crippen LogP) is 6.09. The first-order valence-corrected chi connectivity index (χ1v) is 8.88. The van der Waals surface area contributed by atoms with Crippen LogP contribution in [0.1, 0.15) is 22.8 Å². The molecule has 1 aromatic heterocycles. The highest BCUT2D eigenvalue weighted by Crippen LogP contribution is 2.31. The van der Waals surface area contributed by atoms with Crippen molar-refractivity contribution in [2.75, 3.05) is 5.32 Å². The number of nitrogens with zero attached hydrogens (tertiary/aromatic N) is 1. The third-order valence-electron chi connectivity index (χ3n) is 4.82. The van der Waals surface area contributed by atoms with E-state index in [-0.39, 0.29) is 5.56 Å². The minimum atomic E-state index is -4.42. The third kappa shape index (κ3) is 3.11. The summed E-state index contributed by atoms with van der Waals surface area (Å²) in [5, 5.41) is 4.88. The normalized spacial score (nSPS) is 11.9. The van der Waals surface area contributed by atoms with E-state index in [0.717, 1.165) is 40.5 Å². The van der Waals surface area contributed by atoms with Crippen LogP contribution in [0.4, 0.5) is 18.9 Å². The lowest BCUT2D eigenvalue weighted by atomic mass is 10.1. The van der Waals surface area contributed by atoms with E-state index in [1.54, 1.807) is 6.07 Å². The van der Waals surface area contributed by atoms with E-state index < -0.39 is 17.6 Å². The molecule has 0 aliphatic heterocycles. The van der Waals surface area contributed by atoms with Crippen molar-refractivity contribution in [1.82, 2.24) is 4.57 Å². The first-order chi connectivity index (χ1) is 13.4. The first kappa shape index (κ1) is 18.1. The number of aryl methyl sites for hydroxylation is 1. The molecule has 0 atom stereocenters. The van der Waals surface area contributed by atoms with Gasteiger partial charge in [0.2, 0.25) is 0 Å². The topological polar surface area (TPSA) is 34.0 Å². The zero-order chi connectivity index (χ0) is 19.9. The lowest BCUT2D eigenvalue weighted by Gasteiger charge is -2.09. The van der Waals surface area contributed by atoms with Crippen molar-refractivity contribution in [2.45, 2.75) is 19.6 Å². The molecule has 3 aromatic carbocycles. The number of anilines is 1. The molecule has 0 aliphatic rings. The standard InChI is InChI=1S/C22H17F3N2O/c1-2-27-19-6-4-3-5-17(19)18-13-16(11-12-20(18)27)26-21(28)14-7-9-15(10-8-14)22(23,24)25/h3-13H,2H2,1H3,(H,26,28). The highest BCUT2D eigenvalue weighted by atomic mass is 19.4. The van der Waals surface area contributed by atoms with Gasteiger partial charge in [0.1, 0.15) is 0 Å². The average Bonchev–Trinajstić information content (AvgIpc) is 3.00. The second-order valence-electron chi connectivity index (χ2n) is 6.52. The van der Waals surface area contributed by atoms with Crippen LogP contribution < -0.4 is 5.32 Å². The van der Waals surface area contributed by atoms with Crippen molar-refractivity contribution < 1.29 is 18.0 Å². The second-order valence-corrected chi connectivity index (χ2v) is 6.52. The number of rotatable bonds is 3. The molecule has 0 spiro atoms. The third-order valence-corrected chi connectivity index (χ3v) is 4.82. The van der Waals surface area contributed by atoms with Crippen LogP contribution in [-0.4, -0.2) is 10.5 Å². The van der Waals surface area contributed by atoms with Crippen LogP contribution in [-0.2, 0) is 12.7 Å². The van der Waals surface area contributed by atoms with Gasteiger partial charge < -0.3 is 9.88 Å². The number of fused-ring (bicyclic) bond motifs is 3. The van der Waals surface area contributed by atoms with Crippen LogP contribution in [0.15, 0.2) is 66.7 Å². The summed E-state index contributed by atoms with van der Waals surface area (Å²) >= 11 is 0. The summed E-state index contributed by atoms with van der Waals surface area (Å²) in [5.41, 5.74) is 2.17. The zero-order valence-electron chi connectivity index (χ0n) is 15.0. The Morgan fingerprint density at radius 1 is 0.929 bits per heavy atom. The van der Waals surface area contributed by atoms with Crippen molar-refractivity contribution in [3.8, 4) is 0 Å². The van der Waals surface area contributed by atoms with Crippen LogP contribution in [0.5, 0.6) is 0 Å². The molecule has 0 bridgehead atoms. The van der Waals surface area contributed by atoms with Crippen molar-refractivity contribution in [2.24, 2.45) is 0 Å². The van der Waals surface area contributed by atoms with Crippen LogP contribution in [0.2, 0.25) is 0 Å². The maximum Gasteiger partial charge on any atom is 0.416 e. The quantitative estimate of drug-likeness (QED) is 0.457. The smallest absolute Gasteiger partial charge is 0.341 e. The Balaban J connectivity index is 1.66. The summed E-state index contributed by atoms with van der Waals surface area (Å²) in [6.45, 7) is 2.90. The van der Waals surface area contributed by atoms with Crippen LogP contribution in [0.25, 0.3) is 21.8 Å². The Kier molecular flexibility index (Phi) is 4.34. The van der Waals surface area contributed by atoms with Gasteiger partial charge in [-0.05, 0) is 55.5 Å². The number of halogens is 3. The summed E-state index contributed by atoms with van der Waals surface area (Å²) in [7, 11) is 0. The van der Waals surface area contributed by atoms with Crippen LogP contribution in [0.3, 0.4) is 0 Å². The molecule has 4 rings (SSSR count). The van der Waals surface area contributed by atoms with E-state index in [0.29, 0.717) is 5.69 Å². The molecular weight excluding hydrogens is 365 g/mol. The number of carbonyl (C=O) groups excluding carboxylic acids is 1. The number of alkyl halides is 3. The van der Waals surface area contributed by atoms with Gasteiger partial charge >= 0.3 is 6.18 Å². The second kappa shape index (κ2) is 6.71. The SMILES string of the molecule is CCn1c2ccccc2c2cc(NC(=O)c3ccc(C(F)(F)F)cc3)ccc21. The van der Waals surface area contributed by atoms with Gasteiger partial charge in [-0.1, -0.05) is 18.2 Å². The van der Waals surface area contributed by atoms with Gasteiger partial charge in [-0.25, -0.2) is 0 Å². The van der Waals surface area contributed by atoms with Gasteiger partial charge in [0.15, 0.2) is 0 Å². The Labute approximate surface area is 159 Å². The molecule has 142 valence electrons. The number of benzene rings is 3. The maximum atomic E-state index is 12.7. The number of nitrogens with one attached hydrogen (secondary N) is 1. The van der Waals surface area contributed by atoms with Crippen molar-refractivity contribution in [3.05, 3.63) is 77.9 Å². The van der Waals surface area contributed by atoms with Gasteiger partial charge in [-0.2, -0.15) is 13.2 Å². The zero-order valence-corrected chi connectivity index (χ0v) is 15.0. The summed E-state index contributed by atoms with van der Waals surface area (Å²) in [6.07, 6.45) is -4.42. The number of para-hydroxylation sites is 1. The molecule has 6 heteroatoms. The van der Waals surface area contributed by atoms with Crippen LogP contribution >= 0.6 is 0 Å². The number of aromatic nitrogens is 1. The lowest BCUT2D eigenvalue weighted by Crippen LogP contribution is -2.12. The molecule has 4 aromatic rings. The average molecular weight is 382 g/mol. The number of hydrogen-bond acceptors (Lipinski definition) is 1. The fraction of sp³-hybridized carbons (Fsp3) is 0.136. The molecule has 0 fully saturated rings. The molecule has 0 aliphatic carbocycles. The largest absolute Gasteiger partial charge is 0.416 e. The van der Waals surface area contributed by atoms with Gasteiger partial charge in [0.05, 0.1) is 5.56 Å². The fourth-order valence-electron chi connectivity index (χ4n) is 3.49. The maximum absolute atomic E-state index is 12.7. The van der Waals surface area contributed by atoms with Crippen LogP contribution in [0, 0.1) is 0 Å². The van der Waals surface area contributed by atoms with Gasteiger partial charge in [-0.15, -0.1) is 0 Å². The van der Waals surface area contributed by atoms with E-state index in [4.69, 9.17) is 0 Å². The molecule has 1 heterocycles. The lowest BCUT2D eigenvalue weighted by molar-refractivity contribution is -0.137. The van der Waals surface area contributed by atoms with E-state index in [1.165, 1.54) is 12.1 Å². The molecule has 0 unspecified atom stereocenters. The minimum absolute atomic E-state index is 0.170. The Morgan fingerprint density at radius 3 is 2.29 bits per heavy atom. The summed E-state index contributed by atoms with van der Waals surface area (Å²) in [6, 6.07) is 17.9. The molecule has 0 radical (unpaired) electrons. The van der Waals surface area contributed by atoms with E-state index in [2.05, 4.69) is 22.9 Å². The van der Waals surface area contributed by atoms with Gasteiger partial charge in [0.25, 0.3) is 5.91 Å². The highest BCUT2D eigenvalue weighted by molar-refractivity contribution is 6.11. The highest BCUT2D eigenvalue weighted by Gasteiger charge is 2.30. The van der Waals surface area contributed by atoms with E-state index in [1.807, 2.05) is 30.3 Å². The molecule has 0 saturated heterocycles. The Bertz CT molecular complexity index is 1170.